The van der Waals surface area contributed by atoms with E-state index in [-0.39, 0.29) is 18.4 Å². The van der Waals surface area contributed by atoms with Gasteiger partial charge >= 0.3 is 5.97 Å². The highest BCUT2D eigenvalue weighted by atomic mass is 32.2. The number of aliphatic carboxylic acids is 1. The maximum Gasteiger partial charge on any atom is 0.326 e. The van der Waals surface area contributed by atoms with E-state index in [1.54, 1.807) is 23.9 Å². The molecular weight excluding hydrogens is 340 g/mol. The second-order valence-corrected chi connectivity index (χ2v) is 8.05. The van der Waals surface area contributed by atoms with Crippen molar-refractivity contribution in [1.29, 1.82) is 0 Å². The van der Waals surface area contributed by atoms with Crippen LogP contribution in [0.1, 0.15) is 44.5 Å². The molecule has 138 valence electrons. The molecule has 3 N–H and O–H groups in total. The molecule has 0 saturated carbocycles. The lowest BCUT2D eigenvalue weighted by molar-refractivity contribution is -0.142. The molecule has 0 aliphatic carbocycles. The molecule has 1 aromatic carbocycles. The fraction of sp³-hybridized carbons (Fsp3) is 0.500. The number of carboxylic acid groups (broad SMARTS) is 1. The van der Waals surface area contributed by atoms with Crippen molar-refractivity contribution in [3.63, 3.8) is 0 Å². The van der Waals surface area contributed by atoms with E-state index in [2.05, 4.69) is 10.6 Å². The molecule has 6 nitrogen and oxygen atoms in total. The van der Waals surface area contributed by atoms with E-state index >= 15 is 0 Å². The van der Waals surface area contributed by atoms with Crippen LogP contribution in [0.3, 0.4) is 0 Å². The van der Waals surface area contributed by atoms with Crippen LogP contribution >= 0.6 is 11.8 Å². The van der Waals surface area contributed by atoms with Gasteiger partial charge in [-0.2, -0.15) is 0 Å². The first-order valence-electron chi connectivity index (χ1n) is 8.26. The number of benzene rings is 1. The van der Waals surface area contributed by atoms with Crippen molar-refractivity contribution in [2.75, 3.05) is 6.54 Å². The Kier molecular flexibility index (Phi) is 8.48. The van der Waals surface area contributed by atoms with Crippen LogP contribution in [0.15, 0.2) is 29.2 Å². The van der Waals surface area contributed by atoms with Crippen LogP contribution in [-0.4, -0.2) is 40.7 Å². The largest absolute Gasteiger partial charge is 0.480 e. The number of carboxylic acids is 1. The third kappa shape index (κ3) is 7.60. The average molecular weight is 366 g/mol. The van der Waals surface area contributed by atoms with Crippen LogP contribution in [0.2, 0.25) is 0 Å². The Morgan fingerprint density at radius 1 is 1.12 bits per heavy atom. The van der Waals surface area contributed by atoms with Crippen LogP contribution in [0, 0.1) is 5.92 Å². The summed E-state index contributed by atoms with van der Waals surface area (Å²) in [6, 6.07) is 6.24. The zero-order valence-corrected chi connectivity index (χ0v) is 15.9. The van der Waals surface area contributed by atoms with Crippen molar-refractivity contribution < 1.29 is 19.5 Å². The summed E-state index contributed by atoms with van der Waals surface area (Å²) in [6.07, 6.45) is 0.336. The number of thioether (sulfide) groups is 1. The summed E-state index contributed by atoms with van der Waals surface area (Å²) in [6.45, 7) is 7.57. The van der Waals surface area contributed by atoms with Crippen molar-refractivity contribution in [3.8, 4) is 0 Å². The summed E-state index contributed by atoms with van der Waals surface area (Å²) < 4.78 is 0. The summed E-state index contributed by atoms with van der Waals surface area (Å²) in [4.78, 5) is 36.3. The summed E-state index contributed by atoms with van der Waals surface area (Å²) in [5.41, 5.74) is 0.506. The number of carbonyl (C=O) groups excluding carboxylic acids is 2. The molecule has 0 aliphatic rings. The molecular formula is C18H26N2O4S. The third-order valence-electron chi connectivity index (χ3n) is 3.24. The van der Waals surface area contributed by atoms with Gasteiger partial charge in [-0.15, -0.1) is 11.8 Å². The van der Waals surface area contributed by atoms with Gasteiger partial charge in [0.05, 0.1) is 12.1 Å². The SMILES string of the molecule is CC(C)C[C@H](NC(=O)CNC(=O)c1ccccc1SC(C)C)C(=O)O. The van der Waals surface area contributed by atoms with Gasteiger partial charge in [0, 0.05) is 10.1 Å². The number of hydrogen-bond acceptors (Lipinski definition) is 4. The maximum atomic E-state index is 12.3. The number of amides is 2. The molecule has 1 aromatic rings. The molecule has 0 heterocycles. The molecule has 7 heteroatoms. The first-order valence-corrected chi connectivity index (χ1v) is 9.14. The zero-order chi connectivity index (χ0) is 19.0. The number of hydrogen-bond donors (Lipinski definition) is 3. The molecule has 0 aliphatic heterocycles. The summed E-state index contributed by atoms with van der Waals surface area (Å²) >= 11 is 1.57. The van der Waals surface area contributed by atoms with Gasteiger partial charge in [-0.05, 0) is 24.5 Å². The van der Waals surface area contributed by atoms with Gasteiger partial charge in [-0.25, -0.2) is 4.79 Å². The lowest BCUT2D eigenvalue weighted by atomic mass is 10.0. The van der Waals surface area contributed by atoms with E-state index in [1.165, 1.54) is 0 Å². The topological polar surface area (TPSA) is 95.5 Å². The fourth-order valence-electron chi connectivity index (χ4n) is 2.20. The normalized spacial score (nSPS) is 12.1. The predicted octanol–water partition coefficient (Wildman–Crippen LogP) is 2.53. The first kappa shape index (κ1) is 21.0. The van der Waals surface area contributed by atoms with Gasteiger partial charge in [-0.1, -0.05) is 39.8 Å². The minimum atomic E-state index is -1.08. The molecule has 25 heavy (non-hydrogen) atoms. The van der Waals surface area contributed by atoms with Crippen LogP contribution in [0.4, 0.5) is 0 Å². The molecule has 1 rings (SSSR count). The smallest absolute Gasteiger partial charge is 0.326 e. The lowest BCUT2D eigenvalue weighted by Gasteiger charge is -2.17. The van der Waals surface area contributed by atoms with Crippen molar-refractivity contribution in [2.24, 2.45) is 5.92 Å². The minimum absolute atomic E-state index is 0.135. The molecule has 0 spiro atoms. The monoisotopic (exact) mass is 366 g/mol. The Morgan fingerprint density at radius 2 is 1.76 bits per heavy atom. The van der Waals surface area contributed by atoms with Crippen molar-refractivity contribution in [1.82, 2.24) is 10.6 Å². The van der Waals surface area contributed by atoms with E-state index < -0.39 is 17.9 Å². The fourth-order valence-corrected chi connectivity index (χ4v) is 3.16. The Bertz CT molecular complexity index is 617. The predicted molar refractivity (Wildman–Crippen MR) is 98.8 cm³/mol. The average Bonchev–Trinajstić information content (AvgIpc) is 2.51. The van der Waals surface area contributed by atoms with Crippen molar-refractivity contribution in [2.45, 2.75) is 50.3 Å². The summed E-state index contributed by atoms with van der Waals surface area (Å²) in [5, 5.41) is 14.5. The second-order valence-electron chi connectivity index (χ2n) is 6.43. The van der Waals surface area contributed by atoms with E-state index in [9.17, 15) is 14.4 Å². The van der Waals surface area contributed by atoms with Crippen molar-refractivity contribution in [3.05, 3.63) is 29.8 Å². The quantitative estimate of drug-likeness (QED) is 0.584. The molecule has 0 bridgehead atoms. The van der Waals surface area contributed by atoms with Crippen LogP contribution in [0.5, 0.6) is 0 Å². The number of rotatable bonds is 9. The molecule has 0 aromatic heterocycles. The van der Waals surface area contributed by atoms with Gasteiger partial charge in [0.15, 0.2) is 0 Å². The van der Waals surface area contributed by atoms with Crippen LogP contribution in [0.25, 0.3) is 0 Å². The Balaban J connectivity index is 2.64. The number of carbonyl (C=O) groups is 3. The Morgan fingerprint density at radius 3 is 2.32 bits per heavy atom. The Hall–Kier alpha value is -2.02. The van der Waals surface area contributed by atoms with Gasteiger partial charge in [0.1, 0.15) is 6.04 Å². The van der Waals surface area contributed by atoms with Gasteiger partial charge in [-0.3, -0.25) is 9.59 Å². The Labute approximate surface area is 152 Å². The molecule has 0 saturated heterocycles. The van der Waals surface area contributed by atoms with Gasteiger partial charge < -0.3 is 15.7 Å². The standard InChI is InChI=1S/C18H26N2O4S/c1-11(2)9-14(18(23)24)20-16(21)10-19-17(22)13-7-5-6-8-15(13)25-12(3)4/h5-8,11-12,14H,9-10H2,1-4H3,(H,19,22)(H,20,21)(H,23,24)/t14-/m0/s1. The summed E-state index contributed by atoms with van der Waals surface area (Å²) in [5.74, 6) is -1.81. The van der Waals surface area contributed by atoms with E-state index in [4.69, 9.17) is 5.11 Å². The van der Waals surface area contributed by atoms with E-state index in [0.717, 1.165) is 4.90 Å². The minimum Gasteiger partial charge on any atom is -0.480 e. The highest BCUT2D eigenvalue weighted by molar-refractivity contribution is 8.00. The van der Waals surface area contributed by atoms with E-state index in [0.29, 0.717) is 17.2 Å². The first-order chi connectivity index (χ1) is 11.7. The summed E-state index contributed by atoms with van der Waals surface area (Å²) in [7, 11) is 0. The van der Waals surface area contributed by atoms with E-state index in [1.807, 2.05) is 39.8 Å². The molecule has 0 unspecified atom stereocenters. The number of nitrogens with one attached hydrogen (secondary N) is 2. The van der Waals surface area contributed by atoms with Crippen molar-refractivity contribution >= 4 is 29.5 Å². The van der Waals surface area contributed by atoms with Crippen LogP contribution < -0.4 is 10.6 Å². The molecule has 0 fully saturated rings. The highest BCUT2D eigenvalue weighted by Crippen LogP contribution is 2.26. The third-order valence-corrected chi connectivity index (χ3v) is 4.33. The lowest BCUT2D eigenvalue weighted by Crippen LogP contribution is -2.46. The van der Waals surface area contributed by atoms with Gasteiger partial charge in [0.2, 0.25) is 5.91 Å². The maximum absolute atomic E-state index is 12.3. The zero-order valence-electron chi connectivity index (χ0n) is 15.0. The molecule has 0 radical (unpaired) electrons. The second kappa shape index (κ2) is 10.1. The van der Waals surface area contributed by atoms with Crippen LogP contribution in [-0.2, 0) is 9.59 Å². The molecule has 2 amide bonds. The van der Waals surface area contributed by atoms with Gasteiger partial charge in [0.25, 0.3) is 5.91 Å². The highest BCUT2D eigenvalue weighted by Gasteiger charge is 2.21. The molecule has 1 atom stereocenters.